The SMILES string of the molecule is NC(N)=NCC1SCCc2ccccc21. The second kappa shape index (κ2) is 4.57. The largest absolute Gasteiger partial charge is 0.370 e. The zero-order valence-corrected chi connectivity index (χ0v) is 9.33. The Morgan fingerprint density at radius 3 is 3.00 bits per heavy atom. The zero-order valence-electron chi connectivity index (χ0n) is 8.52. The van der Waals surface area contributed by atoms with E-state index >= 15 is 0 Å². The first kappa shape index (κ1) is 10.4. The molecule has 1 atom stereocenters. The van der Waals surface area contributed by atoms with Crippen molar-refractivity contribution >= 4 is 17.7 Å². The minimum atomic E-state index is 0.179. The van der Waals surface area contributed by atoms with Gasteiger partial charge >= 0.3 is 0 Å². The summed E-state index contributed by atoms with van der Waals surface area (Å²) < 4.78 is 0. The van der Waals surface area contributed by atoms with Gasteiger partial charge in [0.15, 0.2) is 5.96 Å². The third-order valence-electron chi connectivity index (χ3n) is 2.53. The maximum Gasteiger partial charge on any atom is 0.185 e. The molecule has 0 aliphatic carbocycles. The quantitative estimate of drug-likeness (QED) is 0.584. The molecule has 1 unspecified atom stereocenters. The fourth-order valence-corrected chi connectivity index (χ4v) is 3.03. The highest BCUT2D eigenvalue weighted by molar-refractivity contribution is 7.99. The van der Waals surface area contributed by atoms with Crippen LogP contribution in [0.25, 0.3) is 0 Å². The van der Waals surface area contributed by atoms with Crippen LogP contribution in [0.5, 0.6) is 0 Å². The summed E-state index contributed by atoms with van der Waals surface area (Å²) in [5, 5.41) is 0.414. The van der Waals surface area contributed by atoms with E-state index in [1.165, 1.54) is 11.1 Å². The predicted octanol–water partition coefficient (Wildman–Crippen LogP) is 1.29. The molecular weight excluding hydrogens is 206 g/mol. The van der Waals surface area contributed by atoms with Crippen molar-refractivity contribution in [3.63, 3.8) is 0 Å². The minimum absolute atomic E-state index is 0.179. The fraction of sp³-hybridized carbons (Fsp3) is 0.364. The van der Waals surface area contributed by atoms with Crippen molar-refractivity contribution in [3.05, 3.63) is 35.4 Å². The summed E-state index contributed by atoms with van der Waals surface area (Å²) in [5.41, 5.74) is 13.5. The zero-order chi connectivity index (χ0) is 10.7. The molecule has 1 aromatic rings. The summed E-state index contributed by atoms with van der Waals surface area (Å²) >= 11 is 1.93. The first-order valence-corrected chi connectivity index (χ1v) is 6.07. The number of guanidine groups is 1. The Bertz CT molecular complexity index is 372. The smallest absolute Gasteiger partial charge is 0.185 e. The van der Waals surface area contributed by atoms with Gasteiger partial charge in [0.25, 0.3) is 0 Å². The third-order valence-corrected chi connectivity index (χ3v) is 3.78. The van der Waals surface area contributed by atoms with Gasteiger partial charge < -0.3 is 11.5 Å². The first-order chi connectivity index (χ1) is 7.27. The summed E-state index contributed by atoms with van der Waals surface area (Å²) in [4.78, 5) is 4.10. The molecule has 1 aliphatic rings. The lowest BCUT2D eigenvalue weighted by atomic mass is 10.0. The maximum atomic E-state index is 5.35. The van der Waals surface area contributed by atoms with Gasteiger partial charge in [-0.2, -0.15) is 11.8 Å². The Hall–Kier alpha value is -1.16. The summed E-state index contributed by atoms with van der Waals surface area (Å²) in [7, 11) is 0. The summed E-state index contributed by atoms with van der Waals surface area (Å²) in [6, 6.07) is 8.53. The number of aliphatic imine (C=N–C) groups is 1. The molecule has 0 aromatic heterocycles. The van der Waals surface area contributed by atoms with Crippen molar-refractivity contribution in [2.75, 3.05) is 12.3 Å². The number of nitrogens with zero attached hydrogens (tertiary/aromatic N) is 1. The van der Waals surface area contributed by atoms with Crippen molar-refractivity contribution in [2.24, 2.45) is 16.5 Å². The Balaban J connectivity index is 2.19. The molecule has 1 aromatic carbocycles. The molecule has 80 valence electrons. The lowest BCUT2D eigenvalue weighted by molar-refractivity contribution is 0.892. The molecule has 0 saturated heterocycles. The number of hydrogen-bond donors (Lipinski definition) is 2. The topological polar surface area (TPSA) is 64.4 Å². The van der Waals surface area contributed by atoms with Crippen molar-refractivity contribution < 1.29 is 0 Å². The molecule has 1 heterocycles. The van der Waals surface area contributed by atoms with E-state index in [1.54, 1.807) is 0 Å². The van der Waals surface area contributed by atoms with E-state index in [2.05, 4.69) is 29.3 Å². The molecule has 4 heteroatoms. The number of aryl methyl sites for hydroxylation is 1. The van der Waals surface area contributed by atoms with Crippen molar-refractivity contribution in [2.45, 2.75) is 11.7 Å². The number of fused-ring (bicyclic) bond motifs is 1. The maximum absolute atomic E-state index is 5.35. The number of thioether (sulfide) groups is 1. The first-order valence-electron chi connectivity index (χ1n) is 5.02. The fourth-order valence-electron chi connectivity index (χ4n) is 1.82. The highest BCUT2D eigenvalue weighted by atomic mass is 32.2. The third kappa shape index (κ3) is 2.45. The van der Waals surface area contributed by atoms with Crippen LogP contribution in [0.3, 0.4) is 0 Å². The van der Waals surface area contributed by atoms with Gasteiger partial charge in [0.1, 0.15) is 0 Å². The lowest BCUT2D eigenvalue weighted by Crippen LogP contribution is -2.24. The molecule has 3 nitrogen and oxygen atoms in total. The van der Waals surface area contributed by atoms with Gasteiger partial charge in [0.2, 0.25) is 0 Å². The lowest BCUT2D eigenvalue weighted by Gasteiger charge is -2.23. The Kier molecular flexibility index (Phi) is 3.16. The van der Waals surface area contributed by atoms with E-state index in [9.17, 15) is 0 Å². The molecule has 0 fully saturated rings. The predicted molar refractivity (Wildman–Crippen MR) is 66.0 cm³/mol. The van der Waals surface area contributed by atoms with Gasteiger partial charge in [-0.3, -0.25) is 4.99 Å². The van der Waals surface area contributed by atoms with Gasteiger partial charge in [0.05, 0.1) is 6.54 Å². The molecule has 0 saturated carbocycles. The summed E-state index contributed by atoms with van der Waals surface area (Å²) in [5.74, 6) is 1.33. The average Bonchev–Trinajstić information content (AvgIpc) is 2.26. The monoisotopic (exact) mass is 221 g/mol. The van der Waals surface area contributed by atoms with Gasteiger partial charge in [0, 0.05) is 5.25 Å². The molecule has 0 spiro atoms. The highest BCUT2D eigenvalue weighted by Crippen LogP contribution is 2.36. The number of nitrogens with two attached hydrogens (primary N) is 2. The van der Waals surface area contributed by atoms with E-state index < -0.39 is 0 Å². The van der Waals surface area contributed by atoms with Crippen molar-refractivity contribution in [1.82, 2.24) is 0 Å². The molecule has 0 radical (unpaired) electrons. The van der Waals surface area contributed by atoms with E-state index in [1.807, 2.05) is 11.8 Å². The van der Waals surface area contributed by atoms with Crippen LogP contribution < -0.4 is 11.5 Å². The van der Waals surface area contributed by atoms with Crippen LogP contribution in [0.4, 0.5) is 0 Å². The molecular formula is C11H15N3S. The molecule has 15 heavy (non-hydrogen) atoms. The van der Waals surface area contributed by atoms with Gasteiger partial charge in [-0.15, -0.1) is 0 Å². The average molecular weight is 221 g/mol. The minimum Gasteiger partial charge on any atom is -0.370 e. The van der Waals surface area contributed by atoms with Crippen LogP contribution in [0.2, 0.25) is 0 Å². The molecule has 2 rings (SSSR count). The van der Waals surface area contributed by atoms with E-state index in [0.29, 0.717) is 11.8 Å². The van der Waals surface area contributed by atoms with E-state index in [0.717, 1.165) is 12.2 Å². The van der Waals surface area contributed by atoms with Crippen LogP contribution in [0.1, 0.15) is 16.4 Å². The Labute approximate surface area is 93.9 Å². The van der Waals surface area contributed by atoms with Crippen molar-refractivity contribution in [3.8, 4) is 0 Å². The van der Waals surface area contributed by atoms with Gasteiger partial charge in [-0.1, -0.05) is 24.3 Å². The van der Waals surface area contributed by atoms with Gasteiger partial charge in [-0.25, -0.2) is 0 Å². The second-order valence-electron chi connectivity index (χ2n) is 3.57. The molecule has 4 N–H and O–H groups in total. The molecule has 1 aliphatic heterocycles. The number of hydrogen-bond acceptors (Lipinski definition) is 2. The Morgan fingerprint density at radius 2 is 2.20 bits per heavy atom. The van der Waals surface area contributed by atoms with E-state index in [-0.39, 0.29) is 5.96 Å². The van der Waals surface area contributed by atoms with Crippen LogP contribution in [-0.2, 0) is 6.42 Å². The summed E-state index contributed by atoms with van der Waals surface area (Å²) in [6.07, 6.45) is 1.15. The Morgan fingerprint density at radius 1 is 1.40 bits per heavy atom. The molecule has 0 bridgehead atoms. The highest BCUT2D eigenvalue weighted by Gasteiger charge is 2.19. The van der Waals surface area contributed by atoms with E-state index in [4.69, 9.17) is 11.5 Å². The van der Waals surface area contributed by atoms with Crippen LogP contribution in [0.15, 0.2) is 29.3 Å². The van der Waals surface area contributed by atoms with Crippen LogP contribution in [-0.4, -0.2) is 18.3 Å². The molecule has 0 amide bonds. The van der Waals surface area contributed by atoms with Crippen LogP contribution in [0, 0.1) is 0 Å². The number of benzene rings is 1. The normalized spacial score (nSPS) is 19.3. The second-order valence-corrected chi connectivity index (χ2v) is 4.88. The van der Waals surface area contributed by atoms with Crippen LogP contribution >= 0.6 is 11.8 Å². The van der Waals surface area contributed by atoms with Crippen molar-refractivity contribution in [1.29, 1.82) is 0 Å². The standard InChI is InChI=1S/C11H15N3S/c12-11(13)14-7-10-9-4-2-1-3-8(9)5-6-15-10/h1-4,10H,5-7H2,(H4,12,13,14). The number of rotatable bonds is 2. The van der Waals surface area contributed by atoms with Gasteiger partial charge in [-0.05, 0) is 23.3 Å². The summed E-state index contributed by atoms with van der Waals surface area (Å²) in [6.45, 7) is 0.685.